The van der Waals surface area contributed by atoms with Crippen LogP contribution in [0.25, 0.3) is 0 Å². The fourth-order valence-electron chi connectivity index (χ4n) is 1.55. The predicted octanol–water partition coefficient (Wildman–Crippen LogP) is 2.77. The van der Waals surface area contributed by atoms with Crippen LogP contribution in [0.15, 0.2) is 30.3 Å². The average Bonchev–Trinajstić information content (AvgIpc) is 2.36. The molecule has 104 valence electrons. The number of carbonyl (C=O) groups excluding carboxylic acids is 1. The zero-order valence-electron chi connectivity index (χ0n) is 9.82. The molecular weight excluding hydrogens is 275 g/mol. The van der Waals surface area contributed by atoms with Crippen molar-refractivity contribution in [2.75, 3.05) is 5.32 Å². The van der Waals surface area contributed by atoms with Gasteiger partial charge >= 0.3 is 0 Å². The Bertz CT molecular complexity index is 666. The zero-order chi connectivity index (χ0) is 14.9. The SMILES string of the molecule is O=C(Nc1c(F)cc(F)cc1F)c1cc(O)ccc1O. The van der Waals surface area contributed by atoms with Crippen LogP contribution >= 0.6 is 0 Å². The van der Waals surface area contributed by atoms with Gasteiger partial charge in [-0.15, -0.1) is 0 Å². The van der Waals surface area contributed by atoms with Gasteiger partial charge in [-0.1, -0.05) is 0 Å². The maximum Gasteiger partial charge on any atom is 0.259 e. The fraction of sp³-hybridized carbons (Fsp3) is 0. The molecule has 0 saturated carbocycles. The quantitative estimate of drug-likeness (QED) is 0.742. The van der Waals surface area contributed by atoms with Gasteiger partial charge in [-0.05, 0) is 18.2 Å². The van der Waals surface area contributed by atoms with Crippen LogP contribution < -0.4 is 5.32 Å². The van der Waals surface area contributed by atoms with E-state index in [0.29, 0.717) is 12.1 Å². The first-order chi connectivity index (χ1) is 9.38. The summed E-state index contributed by atoms with van der Waals surface area (Å²) in [4.78, 5) is 11.8. The van der Waals surface area contributed by atoms with Crippen LogP contribution in [0.3, 0.4) is 0 Å². The summed E-state index contributed by atoms with van der Waals surface area (Å²) in [5.74, 6) is -5.57. The largest absolute Gasteiger partial charge is 0.508 e. The molecule has 2 rings (SSSR count). The number of aromatic hydroxyl groups is 2. The molecular formula is C13H8F3NO3. The second-order valence-electron chi connectivity index (χ2n) is 3.90. The molecule has 0 heterocycles. The monoisotopic (exact) mass is 283 g/mol. The van der Waals surface area contributed by atoms with Crippen molar-refractivity contribution in [3.05, 3.63) is 53.3 Å². The summed E-state index contributed by atoms with van der Waals surface area (Å²) in [7, 11) is 0. The molecule has 0 spiro atoms. The summed E-state index contributed by atoms with van der Waals surface area (Å²) in [6.07, 6.45) is 0. The molecule has 0 bridgehead atoms. The van der Waals surface area contributed by atoms with Crippen LogP contribution in [-0.4, -0.2) is 16.1 Å². The van der Waals surface area contributed by atoms with Gasteiger partial charge in [0, 0.05) is 12.1 Å². The van der Waals surface area contributed by atoms with Crippen molar-refractivity contribution in [2.45, 2.75) is 0 Å². The smallest absolute Gasteiger partial charge is 0.259 e. The third-order valence-corrected chi connectivity index (χ3v) is 2.47. The summed E-state index contributed by atoms with van der Waals surface area (Å²) in [5, 5.41) is 20.5. The van der Waals surface area contributed by atoms with E-state index in [-0.39, 0.29) is 11.3 Å². The Morgan fingerprint density at radius 2 is 1.60 bits per heavy atom. The van der Waals surface area contributed by atoms with Gasteiger partial charge in [0.15, 0.2) is 11.6 Å². The summed E-state index contributed by atoms with van der Waals surface area (Å²) in [6, 6.07) is 3.90. The van der Waals surface area contributed by atoms with Crippen LogP contribution in [-0.2, 0) is 0 Å². The highest BCUT2D eigenvalue weighted by Gasteiger charge is 2.18. The maximum atomic E-state index is 13.4. The minimum absolute atomic E-state index is 0.312. The van der Waals surface area contributed by atoms with Gasteiger partial charge in [0.2, 0.25) is 0 Å². The highest BCUT2D eigenvalue weighted by molar-refractivity contribution is 6.06. The normalized spacial score (nSPS) is 10.3. The molecule has 3 N–H and O–H groups in total. The minimum Gasteiger partial charge on any atom is -0.508 e. The molecule has 0 radical (unpaired) electrons. The second kappa shape index (κ2) is 5.12. The Kier molecular flexibility index (Phi) is 3.51. The number of amides is 1. The second-order valence-corrected chi connectivity index (χ2v) is 3.90. The summed E-state index contributed by atoms with van der Waals surface area (Å²) >= 11 is 0. The van der Waals surface area contributed by atoms with Gasteiger partial charge in [0.25, 0.3) is 5.91 Å². The topological polar surface area (TPSA) is 69.6 Å². The van der Waals surface area contributed by atoms with Crippen LogP contribution in [0.1, 0.15) is 10.4 Å². The zero-order valence-corrected chi connectivity index (χ0v) is 9.82. The van der Waals surface area contributed by atoms with Gasteiger partial charge in [-0.25, -0.2) is 13.2 Å². The first kappa shape index (κ1) is 13.7. The van der Waals surface area contributed by atoms with Crippen LogP contribution in [0.2, 0.25) is 0 Å². The Labute approximate surface area is 111 Å². The van der Waals surface area contributed by atoms with E-state index in [0.717, 1.165) is 18.2 Å². The van der Waals surface area contributed by atoms with Gasteiger partial charge in [-0.3, -0.25) is 4.79 Å². The maximum absolute atomic E-state index is 13.4. The molecule has 0 unspecified atom stereocenters. The summed E-state index contributed by atoms with van der Waals surface area (Å²) in [6.45, 7) is 0. The number of carbonyl (C=O) groups is 1. The summed E-state index contributed by atoms with van der Waals surface area (Å²) < 4.78 is 39.4. The van der Waals surface area contributed by atoms with Crippen molar-refractivity contribution in [1.82, 2.24) is 0 Å². The van der Waals surface area contributed by atoms with Crippen molar-refractivity contribution in [3.63, 3.8) is 0 Å². The lowest BCUT2D eigenvalue weighted by Crippen LogP contribution is -2.14. The fourth-order valence-corrected chi connectivity index (χ4v) is 1.55. The van der Waals surface area contributed by atoms with Gasteiger partial charge < -0.3 is 15.5 Å². The van der Waals surface area contributed by atoms with Gasteiger partial charge in [-0.2, -0.15) is 0 Å². The van der Waals surface area contributed by atoms with Crippen molar-refractivity contribution in [1.29, 1.82) is 0 Å². The third kappa shape index (κ3) is 2.66. The first-order valence-electron chi connectivity index (χ1n) is 5.36. The molecule has 0 aliphatic rings. The minimum atomic E-state index is -1.30. The Morgan fingerprint density at radius 1 is 1.00 bits per heavy atom. The van der Waals surface area contributed by atoms with Crippen molar-refractivity contribution in [2.24, 2.45) is 0 Å². The average molecular weight is 283 g/mol. The van der Waals surface area contributed by atoms with Gasteiger partial charge in [0.05, 0.1) is 5.56 Å². The van der Waals surface area contributed by atoms with Crippen LogP contribution in [0.5, 0.6) is 11.5 Å². The van der Waals surface area contributed by atoms with E-state index in [1.807, 2.05) is 5.32 Å². The van der Waals surface area contributed by atoms with E-state index >= 15 is 0 Å². The lowest BCUT2D eigenvalue weighted by Gasteiger charge is -2.09. The number of phenolic OH excluding ortho intramolecular Hbond substituents is 2. The van der Waals surface area contributed by atoms with E-state index in [9.17, 15) is 28.2 Å². The Hall–Kier alpha value is -2.70. The van der Waals surface area contributed by atoms with Crippen molar-refractivity contribution in [3.8, 4) is 11.5 Å². The van der Waals surface area contributed by atoms with E-state index in [2.05, 4.69) is 0 Å². The van der Waals surface area contributed by atoms with E-state index in [4.69, 9.17) is 0 Å². The Morgan fingerprint density at radius 3 is 2.20 bits per heavy atom. The molecule has 1 amide bonds. The van der Waals surface area contributed by atoms with Gasteiger partial charge in [0.1, 0.15) is 23.0 Å². The highest BCUT2D eigenvalue weighted by atomic mass is 19.1. The number of anilines is 1. The molecule has 7 heteroatoms. The molecule has 0 atom stereocenters. The molecule has 4 nitrogen and oxygen atoms in total. The summed E-state index contributed by atoms with van der Waals surface area (Å²) in [5.41, 5.74) is -1.23. The number of hydrogen-bond acceptors (Lipinski definition) is 3. The molecule has 0 fully saturated rings. The van der Waals surface area contributed by atoms with Crippen molar-refractivity contribution >= 4 is 11.6 Å². The molecule has 0 saturated heterocycles. The standard InChI is InChI=1S/C13H8F3NO3/c14-6-3-9(15)12(10(16)4-6)17-13(20)8-5-7(18)1-2-11(8)19/h1-5,18-19H,(H,17,20). The van der Waals surface area contributed by atoms with E-state index in [1.165, 1.54) is 0 Å². The number of benzene rings is 2. The third-order valence-electron chi connectivity index (χ3n) is 2.47. The van der Waals surface area contributed by atoms with Crippen molar-refractivity contribution < 1.29 is 28.2 Å². The molecule has 0 aliphatic heterocycles. The highest BCUT2D eigenvalue weighted by Crippen LogP contribution is 2.25. The number of phenols is 2. The number of nitrogens with one attached hydrogen (secondary N) is 1. The predicted molar refractivity (Wildman–Crippen MR) is 64.0 cm³/mol. The number of rotatable bonds is 2. The van der Waals surface area contributed by atoms with E-state index in [1.54, 1.807) is 0 Å². The number of halogens is 3. The van der Waals surface area contributed by atoms with Crippen LogP contribution in [0.4, 0.5) is 18.9 Å². The molecule has 20 heavy (non-hydrogen) atoms. The van der Waals surface area contributed by atoms with E-state index < -0.39 is 34.8 Å². The lowest BCUT2D eigenvalue weighted by molar-refractivity contribution is 0.102. The first-order valence-corrected chi connectivity index (χ1v) is 5.36. The molecule has 2 aromatic carbocycles. The molecule has 2 aromatic rings. The molecule has 0 aromatic heterocycles. The number of hydrogen-bond donors (Lipinski definition) is 3. The molecule has 0 aliphatic carbocycles. The Balaban J connectivity index is 2.35. The van der Waals surface area contributed by atoms with Crippen LogP contribution in [0, 0.1) is 17.5 Å². The lowest BCUT2D eigenvalue weighted by atomic mass is 10.1.